The molecule has 1 N–H and O–H groups in total. The number of nitrogens with one attached hydrogen (secondary N) is 1. The number of aromatic nitrogens is 2. The molecule has 0 unspecified atom stereocenters. The standard InChI is InChI=1S/C21H24N4O2S/c1-24(16-8-3-2-4-9-16)14-15-7-5-6-10-18(15)23-19(26)17-13-22-21-25(20(17)27)11-12-28-21/h5-7,10-13,16H,2-4,8-9,14H2,1H3,(H,23,26). The van der Waals surface area contributed by atoms with E-state index in [0.717, 1.165) is 17.8 Å². The minimum atomic E-state index is -0.425. The number of amides is 1. The Morgan fingerprint density at radius 3 is 2.89 bits per heavy atom. The molecule has 1 aromatic carbocycles. The molecule has 2 heterocycles. The van der Waals surface area contributed by atoms with Crippen molar-refractivity contribution in [3.05, 3.63) is 63.5 Å². The zero-order valence-corrected chi connectivity index (χ0v) is 16.7. The van der Waals surface area contributed by atoms with Crippen LogP contribution in [0, 0.1) is 0 Å². The predicted molar refractivity (Wildman–Crippen MR) is 112 cm³/mol. The Hall–Kier alpha value is -2.51. The summed E-state index contributed by atoms with van der Waals surface area (Å²) < 4.78 is 1.41. The zero-order valence-electron chi connectivity index (χ0n) is 15.9. The van der Waals surface area contributed by atoms with E-state index in [1.165, 1.54) is 54.0 Å². The number of nitrogens with zero attached hydrogens (tertiary/aromatic N) is 3. The number of anilines is 1. The van der Waals surface area contributed by atoms with Gasteiger partial charge in [-0.15, -0.1) is 11.3 Å². The number of para-hydroxylation sites is 1. The number of hydrogen-bond acceptors (Lipinski definition) is 5. The first-order chi connectivity index (χ1) is 13.6. The van der Waals surface area contributed by atoms with Gasteiger partial charge in [0.05, 0.1) is 0 Å². The summed E-state index contributed by atoms with van der Waals surface area (Å²) >= 11 is 1.36. The molecular weight excluding hydrogens is 372 g/mol. The lowest BCUT2D eigenvalue weighted by Crippen LogP contribution is -2.33. The first-order valence-corrected chi connectivity index (χ1v) is 10.6. The van der Waals surface area contributed by atoms with Crippen LogP contribution >= 0.6 is 11.3 Å². The molecule has 1 fully saturated rings. The van der Waals surface area contributed by atoms with Crippen molar-refractivity contribution >= 4 is 27.9 Å². The van der Waals surface area contributed by atoms with Gasteiger partial charge in [-0.2, -0.15) is 0 Å². The van der Waals surface area contributed by atoms with Gasteiger partial charge in [-0.1, -0.05) is 37.5 Å². The molecule has 28 heavy (non-hydrogen) atoms. The third kappa shape index (κ3) is 3.86. The highest BCUT2D eigenvalue weighted by Crippen LogP contribution is 2.25. The van der Waals surface area contributed by atoms with E-state index >= 15 is 0 Å². The van der Waals surface area contributed by atoms with Gasteiger partial charge in [-0.05, 0) is 31.5 Å². The number of carbonyl (C=O) groups is 1. The Kier molecular flexibility index (Phi) is 5.54. The van der Waals surface area contributed by atoms with E-state index in [4.69, 9.17) is 0 Å². The smallest absolute Gasteiger partial charge is 0.271 e. The van der Waals surface area contributed by atoms with Crippen LogP contribution in [0.25, 0.3) is 4.96 Å². The van der Waals surface area contributed by atoms with Crippen molar-refractivity contribution in [2.75, 3.05) is 12.4 Å². The summed E-state index contributed by atoms with van der Waals surface area (Å²) in [5, 5.41) is 4.70. The average molecular weight is 397 g/mol. The van der Waals surface area contributed by atoms with Gasteiger partial charge in [0.1, 0.15) is 5.56 Å². The summed E-state index contributed by atoms with van der Waals surface area (Å²) in [5.41, 5.74) is 1.49. The van der Waals surface area contributed by atoms with Gasteiger partial charge in [-0.3, -0.25) is 18.9 Å². The van der Waals surface area contributed by atoms with Crippen LogP contribution in [0.1, 0.15) is 48.0 Å². The fraction of sp³-hybridized carbons (Fsp3) is 0.381. The lowest BCUT2D eigenvalue weighted by Gasteiger charge is -2.31. The normalized spacial score (nSPS) is 15.2. The van der Waals surface area contributed by atoms with Gasteiger partial charge in [0, 0.05) is 36.0 Å². The van der Waals surface area contributed by atoms with E-state index in [9.17, 15) is 9.59 Å². The van der Waals surface area contributed by atoms with Gasteiger partial charge in [0.25, 0.3) is 11.5 Å². The Morgan fingerprint density at radius 2 is 2.07 bits per heavy atom. The van der Waals surface area contributed by atoms with E-state index in [0.29, 0.717) is 11.0 Å². The third-order valence-corrected chi connectivity index (χ3v) is 6.24. The van der Waals surface area contributed by atoms with Gasteiger partial charge in [0.2, 0.25) is 0 Å². The predicted octanol–water partition coefficient (Wildman–Crippen LogP) is 3.77. The van der Waals surface area contributed by atoms with Gasteiger partial charge in [-0.25, -0.2) is 4.98 Å². The van der Waals surface area contributed by atoms with Crippen molar-refractivity contribution < 1.29 is 4.79 Å². The van der Waals surface area contributed by atoms with Crippen molar-refractivity contribution in [3.63, 3.8) is 0 Å². The summed E-state index contributed by atoms with van der Waals surface area (Å²) in [7, 11) is 2.15. The summed E-state index contributed by atoms with van der Waals surface area (Å²) in [4.78, 5) is 32.5. The number of fused-ring (bicyclic) bond motifs is 1. The topological polar surface area (TPSA) is 66.7 Å². The van der Waals surface area contributed by atoms with Crippen molar-refractivity contribution in [1.82, 2.24) is 14.3 Å². The summed E-state index contributed by atoms with van der Waals surface area (Å²) in [6, 6.07) is 8.38. The van der Waals surface area contributed by atoms with Crippen molar-refractivity contribution in [2.45, 2.75) is 44.7 Å². The number of rotatable bonds is 5. The number of carbonyl (C=O) groups excluding carboxylic acids is 1. The lowest BCUT2D eigenvalue weighted by atomic mass is 9.94. The lowest BCUT2D eigenvalue weighted by molar-refractivity contribution is 0.102. The molecule has 6 nitrogen and oxygen atoms in total. The molecule has 1 aliphatic rings. The molecule has 3 aromatic rings. The van der Waals surface area contributed by atoms with Gasteiger partial charge < -0.3 is 5.32 Å². The molecule has 1 amide bonds. The van der Waals surface area contributed by atoms with Gasteiger partial charge in [0.15, 0.2) is 4.96 Å². The Morgan fingerprint density at radius 1 is 1.29 bits per heavy atom. The summed E-state index contributed by atoms with van der Waals surface area (Å²) in [6.07, 6.45) is 9.36. The maximum absolute atomic E-state index is 12.8. The second-order valence-corrected chi connectivity index (χ2v) is 8.22. The fourth-order valence-electron chi connectivity index (χ4n) is 3.87. The molecule has 1 saturated carbocycles. The molecule has 4 rings (SSSR count). The molecule has 146 valence electrons. The van der Waals surface area contributed by atoms with Crippen LogP contribution in [0.3, 0.4) is 0 Å². The van der Waals surface area contributed by atoms with E-state index in [-0.39, 0.29) is 11.1 Å². The molecule has 0 bridgehead atoms. The summed E-state index contributed by atoms with van der Waals surface area (Å²) in [6.45, 7) is 0.766. The highest BCUT2D eigenvalue weighted by molar-refractivity contribution is 7.15. The quantitative estimate of drug-likeness (QED) is 0.713. The van der Waals surface area contributed by atoms with Crippen LogP contribution in [0.15, 0.2) is 46.8 Å². The first-order valence-electron chi connectivity index (χ1n) is 9.68. The largest absolute Gasteiger partial charge is 0.321 e. The van der Waals surface area contributed by atoms with Crippen molar-refractivity contribution in [2.24, 2.45) is 0 Å². The van der Waals surface area contributed by atoms with Crippen LogP contribution in [0.2, 0.25) is 0 Å². The van der Waals surface area contributed by atoms with Gasteiger partial charge >= 0.3 is 0 Å². The minimum absolute atomic E-state index is 0.0475. The molecule has 7 heteroatoms. The molecule has 0 radical (unpaired) electrons. The van der Waals surface area contributed by atoms with Crippen molar-refractivity contribution in [1.29, 1.82) is 0 Å². The molecule has 0 atom stereocenters. The number of hydrogen-bond donors (Lipinski definition) is 1. The first kappa shape index (κ1) is 18.8. The Balaban J connectivity index is 1.53. The van der Waals surface area contributed by atoms with Crippen LogP contribution in [-0.4, -0.2) is 33.3 Å². The van der Waals surface area contributed by atoms with Crippen molar-refractivity contribution in [3.8, 4) is 0 Å². The molecule has 0 saturated heterocycles. The van der Waals surface area contributed by atoms with E-state index in [1.54, 1.807) is 11.6 Å². The number of benzene rings is 1. The second-order valence-electron chi connectivity index (χ2n) is 7.35. The monoisotopic (exact) mass is 396 g/mol. The highest BCUT2D eigenvalue weighted by Gasteiger charge is 2.20. The molecular formula is C21H24N4O2S. The minimum Gasteiger partial charge on any atom is -0.321 e. The van der Waals surface area contributed by atoms with Crippen LogP contribution in [0.4, 0.5) is 5.69 Å². The molecule has 2 aromatic heterocycles. The van der Waals surface area contributed by atoms with Crippen LogP contribution < -0.4 is 10.9 Å². The van der Waals surface area contributed by atoms with E-state index in [2.05, 4.69) is 22.2 Å². The number of thiazole rings is 1. The van der Waals surface area contributed by atoms with E-state index < -0.39 is 5.91 Å². The molecule has 0 aliphatic heterocycles. The summed E-state index contributed by atoms with van der Waals surface area (Å²) in [5.74, 6) is -0.425. The van der Waals surface area contributed by atoms with Crippen LogP contribution in [0.5, 0.6) is 0 Å². The maximum atomic E-state index is 12.8. The Labute approximate surface area is 167 Å². The molecule has 0 spiro atoms. The van der Waals surface area contributed by atoms with E-state index in [1.807, 2.05) is 24.3 Å². The maximum Gasteiger partial charge on any atom is 0.271 e. The highest BCUT2D eigenvalue weighted by atomic mass is 32.1. The zero-order chi connectivity index (χ0) is 19.5. The fourth-order valence-corrected chi connectivity index (χ4v) is 4.54. The Bertz CT molecular complexity index is 1040. The van der Waals surface area contributed by atoms with Crippen LogP contribution in [-0.2, 0) is 6.54 Å². The molecule has 1 aliphatic carbocycles. The third-order valence-electron chi connectivity index (χ3n) is 5.47. The average Bonchev–Trinajstić information content (AvgIpc) is 3.20. The SMILES string of the molecule is CN(Cc1ccccc1NC(=O)c1cnc2sccn2c1=O)C1CCCCC1. The second kappa shape index (κ2) is 8.24.